The normalized spacial score (nSPS) is 10.0. The zero-order chi connectivity index (χ0) is 10.7. The highest BCUT2D eigenvalue weighted by Crippen LogP contribution is 2.19. The Morgan fingerprint density at radius 1 is 1.00 bits per heavy atom. The monoisotopic (exact) mass is 206 g/mol. The maximum absolute atomic E-state index is 13.2. The van der Waals surface area contributed by atoms with E-state index in [1.165, 1.54) is 12.1 Å². The maximum atomic E-state index is 13.2. The molecule has 0 aliphatic heterocycles. The fourth-order valence-corrected chi connectivity index (χ4v) is 1.18. The molecular formula is C11H8F2N2. The number of nitrogens with one attached hydrogen (secondary N) is 1. The Bertz CT molecular complexity index is 457. The molecule has 76 valence electrons. The molecule has 1 heterocycles. The van der Waals surface area contributed by atoms with E-state index in [1.807, 2.05) is 0 Å². The minimum Gasteiger partial charge on any atom is -0.338 e. The summed E-state index contributed by atoms with van der Waals surface area (Å²) in [5.74, 6) is -1.30. The molecule has 0 aliphatic rings. The van der Waals surface area contributed by atoms with Crippen molar-refractivity contribution in [1.29, 1.82) is 0 Å². The first-order valence-corrected chi connectivity index (χ1v) is 4.39. The fourth-order valence-electron chi connectivity index (χ4n) is 1.18. The predicted molar refractivity (Wildman–Crippen MR) is 53.9 cm³/mol. The highest BCUT2D eigenvalue weighted by molar-refractivity contribution is 5.56. The number of rotatable bonds is 2. The van der Waals surface area contributed by atoms with Crippen LogP contribution in [0.2, 0.25) is 0 Å². The molecule has 1 aromatic carbocycles. The van der Waals surface area contributed by atoms with Crippen LogP contribution in [0.25, 0.3) is 0 Å². The summed E-state index contributed by atoms with van der Waals surface area (Å²) in [7, 11) is 0. The molecule has 2 rings (SSSR count). The van der Waals surface area contributed by atoms with Gasteiger partial charge in [-0.15, -0.1) is 0 Å². The Morgan fingerprint density at radius 3 is 2.60 bits per heavy atom. The van der Waals surface area contributed by atoms with E-state index >= 15 is 0 Å². The van der Waals surface area contributed by atoms with E-state index in [2.05, 4.69) is 10.3 Å². The highest BCUT2D eigenvalue weighted by Gasteiger charge is 2.07. The SMILES string of the molecule is Fc1cccc(Nc2ccccn2)c1F. The number of nitrogens with zero attached hydrogens (tertiary/aromatic N) is 1. The van der Waals surface area contributed by atoms with Crippen molar-refractivity contribution in [2.75, 3.05) is 5.32 Å². The molecule has 0 saturated carbocycles. The summed E-state index contributed by atoms with van der Waals surface area (Å²) in [5.41, 5.74) is 0.0775. The maximum Gasteiger partial charge on any atom is 0.182 e. The molecule has 15 heavy (non-hydrogen) atoms. The Balaban J connectivity index is 2.29. The Kier molecular flexibility index (Phi) is 2.58. The van der Waals surface area contributed by atoms with E-state index in [1.54, 1.807) is 24.4 Å². The number of pyridine rings is 1. The van der Waals surface area contributed by atoms with Crippen molar-refractivity contribution in [3.8, 4) is 0 Å². The van der Waals surface area contributed by atoms with Gasteiger partial charge in [0.25, 0.3) is 0 Å². The van der Waals surface area contributed by atoms with Gasteiger partial charge in [-0.25, -0.2) is 13.8 Å². The average Bonchev–Trinajstić information content (AvgIpc) is 2.26. The van der Waals surface area contributed by atoms with Crippen molar-refractivity contribution in [3.63, 3.8) is 0 Å². The van der Waals surface area contributed by atoms with Gasteiger partial charge in [0.15, 0.2) is 11.6 Å². The van der Waals surface area contributed by atoms with E-state index < -0.39 is 11.6 Å². The largest absolute Gasteiger partial charge is 0.338 e. The minimum atomic E-state index is -0.900. The van der Waals surface area contributed by atoms with Gasteiger partial charge in [0, 0.05) is 6.20 Å². The van der Waals surface area contributed by atoms with Crippen molar-refractivity contribution >= 4 is 11.5 Å². The zero-order valence-corrected chi connectivity index (χ0v) is 7.74. The van der Waals surface area contributed by atoms with Crippen LogP contribution in [-0.2, 0) is 0 Å². The molecule has 0 unspecified atom stereocenters. The van der Waals surface area contributed by atoms with Gasteiger partial charge < -0.3 is 5.32 Å². The van der Waals surface area contributed by atoms with Crippen molar-refractivity contribution in [2.45, 2.75) is 0 Å². The molecule has 0 radical (unpaired) electrons. The Labute approximate surface area is 85.6 Å². The molecule has 2 nitrogen and oxygen atoms in total. The molecule has 0 aliphatic carbocycles. The lowest BCUT2D eigenvalue weighted by Crippen LogP contribution is -1.97. The third-order valence-electron chi connectivity index (χ3n) is 1.88. The van der Waals surface area contributed by atoms with Gasteiger partial charge in [0.05, 0.1) is 5.69 Å². The Hall–Kier alpha value is -1.97. The van der Waals surface area contributed by atoms with Gasteiger partial charge in [-0.05, 0) is 24.3 Å². The lowest BCUT2D eigenvalue weighted by Gasteiger charge is -2.06. The second kappa shape index (κ2) is 4.04. The van der Waals surface area contributed by atoms with Crippen LogP contribution < -0.4 is 5.32 Å². The number of hydrogen-bond donors (Lipinski definition) is 1. The summed E-state index contributed by atoms with van der Waals surface area (Å²) in [5, 5.41) is 2.69. The van der Waals surface area contributed by atoms with Crippen LogP contribution in [0.3, 0.4) is 0 Å². The summed E-state index contributed by atoms with van der Waals surface area (Å²) in [4.78, 5) is 3.94. The van der Waals surface area contributed by atoms with E-state index in [-0.39, 0.29) is 5.69 Å². The van der Waals surface area contributed by atoms with Crippen LogP contribution in [-0.4, -0.2) is 4.98 Å². The van der Waals surface area contributed by atoms with E-state index in [4.69, 9.17) is 0 Å². The molecule has 2 aromatic rings. The third-order valence-corrected chi connectivity index (χ3v) is 1.88. The topological polar surface area (TPSA) is 24.9 Å². The van der Waals surface area contributed by atoms with Crippen LogP contribution in [0, 0.1) is 11.6 Å². The molecule has 0 spiro atoms. The first kappa shape index (κ1) is 9.58. The molecule has 4 heteroatoms. The summed E-state index contributed by atoms with van der Waals surface area (Å²) in [6, 6.07) is 9.12. The summed E-state index contributed by atoms with van der Waals surface area (Å²) in [6.45, 7) is 0. The van der Waals surface area contributed by atoms with Gasteiger partial charge in [0.2, 0.25) is 0 Å². The molecular weight excluding hydrogens is 198 g/mol. The molecule has 0 fully saturated rings. The van der Waals surface area contributed by atoms with Crippen molar-refractivity contribution < 1.29 is 8.78 Å². The van der Waals surface area contributed by atoms with Crippen LogP contribution in [0.1, 0.15) is 0 Å². The quantitative estimate of drug-likeness (QED) is 0.816. The van der Waals surface area contributed by atoms with E-state index in [0.29, 0.717) is 5.82 Å². The molecule has 1 aromatic heterocycles. The smallest absolute Gasteiger partial charge is 0.182 e. The molecule has 0 saturated heterocycles. The summed E-state index contributed by atoms with van der Waals surface area (Å²) >= 11 is 0. The van der Waals surface area contributed by atoms with Gasteiger partial charge in [-0.1, -0.05) is 12.1 Å². The first-order chi connectivity index (χ1) is 7.27. The van der Waals surface area contributed by atoms with Crippen LogP contribution >= 0.6 is 0 Å². The number of benzene rings is 1. The molecule has 0 amide bonds. The summed E-state index contributed by atoms with van der Waals surface area (Å²) < 4.78 is 26.1. The second-order valence-electron chi connectivity index (χ2n) is 2.94. The number of anilines is 2. The fraction of sp³-hybridized carbons (Fsp3) is 0. The number of halogens is 2. The lowest BCUT2D eigenvalue weighted by atomic mass is 10.3. The zero-order valence-electron chi connectivity index (χ0n) is 7.74. The van der Waals surface area contributed by atoms with Crippen molar-refractivity contribution in [1.82, 2.24) is 4.98 Å². The lowest BCUT2D eigenvalue weighted by molar-refractivity contribution is 0.511. The Morgan fingerprint density at radius 2 is 1.87 bits per heavy atom. The first-order valence-electron chi connectivity index (χ1n) is 4.39. The van der Waals surface area contributed by atoms with Crippen LogP contribution in [0.5, 0.6) is 0 Å². The second-order valence-corrected chi connectivity index (χ2v) is 2.94. The van der Waals surface area contributed by atoms with E-state index in [9.17, 15) is 8.78 Å². The number of aromatic nitrogens is 1. The molecule has 0 atom stereocenters. The standard InChI is InChI=1S/C11H8F2N2/c12-8-4-3-5-9(11(8)13)15-10-6-1-2-7-14-10/h1-7H,(H,14,15). The van der Waals surface area contributed by atoms with Crippen molar-refractivity contribution in [3.05, 3.63) is 54.2 Å². The predicted octanol–water partition coefficient (Wildman–Crippen LogP) is 3.10. The van der Waals surface area contributed by atoms with Crippen LogP contribution in [0.15, 0.2) is 42.6 Å². The van der Waals surface area contributed by atoms with Gasteiger partial charge in [-0.3, -0.25) is 0 Å². The van der Waals surface area contributed by atoms with Crippen molar-refractivity contribution in [2.24, 2.45) is 0 Å². The number of hydrogen-bond acceptors (Lipinski definition) is 2. The minimum absolute atomic E-state index is 0.0775. The average molecular weight is 206 g/mol. The highest BCUT2D eigenvalue weighted by atomic mass is 19.2. The van der Waals surface area contributed by atoms with Gasteiger partial charge >= 0.3 is 0 Å². The van der Waals surface area contributed by atoms with Gasteiger partial charge in [0.1, 0.15) is 5.82 Å². The van der Waals surface area contributed by atoms with E-state index in [0.717, 1.165) is 6.07 Å². The van der Waals surface area contributed by atoms with Crippen LogP contribution in [0.4, 0.5) is 20.3 Å². The molecule has 0 bridgehead atoms. The summed E-state index contributed by atoms with van der Waals surface area (Å²) in [6.07, 6.45) is 1.57. The van der Waals surface area contributed by atoms with Gasteiger partial charge in [-0.2, -0.15) is 0 Å². The third kappa shape index (κ3) is 2.10. The molecule has 1 N–H and O–H groups in total.